The standard InChI is InChI=1S/C26H30N8O2/c1-18-15-28-26(31-25(18)20-16-29-34-9-5-4-6-22(20)34)30-21-14-19(7-8-23(21)36-3)32-10-12-33(13-11-32)24(35)17-27-2/h4-9,14-16,27H,10-13,17H2,1-3H3,(H,28,30,31). The minimum absolute atomic E-state index is 0.132. The Hall–Kier alpha value is -4.18. The molecular weight excluding hydrogens is 456 g/mol. The Morgan fingerprint density at radius 1 is 1.11 bits per heavy atom. The fourth-order valence-electron chi connectivity index (χ4n) is 4.48. The SMILES string of the molecule is CNCC(=O)N1CCN(c2ccc(OC)c(Nc3ncc(C)c(-c4cnn5ccccc45)n3)c2)CC1. The van der Waals surface area contributed by atoms with Gasteiger partial charge < -0.3 is 25.2 Å². The molecule has 1 aliphatic heterocycles. The van der Waals surface area contributed by atoms with Gasteiger partial charge in [-0.25, -0.2) is 14.5 Å². The Bertz CT molecular complexity index is 1380. The third kappa shape index (κ3) is 4.67. The van der Waals surface area contributed by atoms with E-state index >= 15 is 0 Å². The lowest BCUT2D eigenvalue weighted by Crippen LogP contribution is -2.50. The lowest BCUT2D eigenvalue weighted by atomic mass is 10.1. The Kier molecular flexibility index (Phi) is 6.68. The van der Waals surface area contributed by atoms with Gasteiger partial charge in [0.05, 0.1) is 36.7 Å². The highest BCUT2D eigenvalue weighted by Gasteiger charge is 2.22. The number of ether oxygens (including phenoxy) is 1. The van der Waals surface area contributed by atoms with Crippen molar-refractivity contribution >= 4 is 28.7 Å². The van der Waals surface area contributed by atoms with Gasteiger partial charge in [0.15, 0.2) is 0 Å². The zero-order valence-corrected chi connectivity index (χ0v) is 20.7. The van der Waals surface area contributed by atoms with Gasteiger partial charge in [-0.15, -0.1) is 0 Å². The largest absolute Gasteiger partial charge is 0.495 e. The van der Waals surface area contributed by atoms with Crippen molar-refractivity contribution in [3.8, 4) is 17.0 Å². The zero-order valence-electron chi connectivity index (χ0n) is 20.7. The third-order valence-electron chi connectivity index (χ3n) is 6.41. The van der Waals surface area contributed by atoms with E-state index in [1.807, 2.05) is 71.3 Å². The van der Waals surface area contributed by atoms with Crippen molar-refractivity contribution < 1.29 is 9.53 Å². The maximum Gasteiger partial charge on any atom is 0.236 e. The van der Waals surface area contributed by atoms with Gasteiger partial charge in [-0.05, 0) is 49.9 Å². The predicted molar refractivity (Wildman–Crippen MR) is 140 cm³/mol. The van der Waals surface area contributed by atoms with Crippen LogP contribution in [0.15, 0.2) is 55.0 Å². The molecule has 1 aliphatic rings. The first-order valence-corrected chi connectivity index (χ1v) is 12.0. The molecule has 4 aromatic rings. The van der Waals surface area contributed by atoms with Crippen LogP contribution in [-0.4, -0.2) is 77.3 Å². The molecule has 1 aromatic carbocycles. The quantitative estimate of drug-likeness (QED) is 0.411. The minimum Gasteiger partial charge on any atom is -0.495 e. The summed E-state index contributed by atoms with van der Waals surface area (Å²) in [4.78, 5) is 25.7. The van der Waals surface area contributed by atoms with Crippen LogP contribution in [0.25, 0.3) is 16.8 Å². The summed E-state index contributed by atoms with van der Waals surface area (Å²) >= 11 is 0. The number of likely N-dealkylation sites (N-methyl/N-ethyl adjacent to an activating group) is 1. The van der Waals surface area contributed by atoms with E-state index in [1.165, 1.54) is 0 Å². The molecule has 4 heterocycles. The molecule has 10 nitrogen and oxygen atoms in total. The van der Waals surface area contributed by atoms with Crippen LogP contribution in [0.5, 0.6) is 5.75 Å². The van der Waals surface area contributed by atoms with Crippen molar-refractivity contribution in [1.29, 1.82) is 0 Å². The van der Waals surface area contributed by atoms with E-state index in [4.69, 9.17) is 9.72 Å². The number of methoxy groups -OCH3 is 1. The summed E-state index contributed by atoms with van der Waals surface area (Å²) < 4.78 is 7.45. The number of carbonyl (C=O) groups excluding carboxylic acids is 1. The summed E-state index contributed by atoms with van der Waals surface area (Å²) in [6.45, 7) is 5.28. The van der Waals surface area contributed by atoms with E-state index in [9.17, 15) is 4.79 Å². The number of nitrogens with zero attached hydrogens (tertiary/aromatic N) is 6. The van der Waals surface area contributed by atoms with E-state index in [-0.39, 0.29) is 5.91 Å². The molecule has 3 aromatic heterocycles. The van der Waals surface area contributed by atoms with Crippen LogP contribution in [0, 0.1) is 6.92 Å². The number of benzene rings is 1. The lowest BCUT2D eigenvalue weighted by molar-refractivity contribution is -0.130. The first kappa shape index (κ1) is 23.6. The highest BCUT2D eigenvalue weighted by molar-refractivity contribution is 5.80. The number of nitrogens with one attached hydrogen (secondary N) is 2. The number of aryl methyl sites for hydroxylation is 1. The highest BCUT2D eigenvalue weighted by atomic mass is 16.5. The van der Waals surface area contributed by atoms with Crippen LogP contribution in [-0.2, 0) is 4.79 Å². The van der Waals surface area contributed by atoms with Gasteiger partial charge in [0.1, 0.15) is 5.75 Å². The van der Waals surface area contributed by atoms with Crippen molar-refractivity contribution in [1.82, 2.24) is 29.8 Å². The van der Waals surface area contributed by atoms with Gasteiger partial charge in [0.2, 0.25) is 11.9 Å². The summed E-state index contributed by atoms with van der Waals surface area (Å²) in [7, 11) is 3.44. The number of hydrogen-bond acceptors (Lipinski definition) is 8. The highest BCUT2D eigenvalue weighted by Crippen LogP contribution is 2.33. The molecular formula is C26H30N8O2. The monoisotopic (exact) mass is 486 g/mol. The lowest BCUT2D eigenvalue weighted by Gasteiger charge is -2.36. The Morgan fingerprint density at radius 2 is 1.94 bits per heavy atom. The molecule has 0 spiro atoms. The van der Waals surface area contributed by atoms with Crippen LogP contribution in [0.2, 0.25) is 0 Å². The number of carbonyl (C=O) groups is 1. The topological polar surface area (TPSA) is 99.9 Å². The van der Waals surface area contributed by atoms with Crippen molar-refractivity contribution in [2.45, 2.75) is 6.92 Å². The maximum absolute atomic E-state index is 12.2. The van der Waals surface area contributed by atoms with Gasteiger partial charge in [-0.3, -0.25) is 4.79 Å². The molecule has 1 amide bonds. The molecule has 5 rings (SSSR count). The summed E-state index contributed by atoms with van der Waals surface area (Å²) in [6, 6.07) is 12.0. The normalized spacial score (nSPS) is 13.8. The van der Waals surface area contributed by atoms with Crippen LogP contribution in [0.3, 0.4) is 0 Å². The summed E-state index contributed by atoms with van der Waals surface area (Å²) in [6.07, 6.45) is 5.56. The van der Waals surface area contributed by atoms with Crippen LogP contribution < -0.4 is 20.3 Å². The van der Waals surface area contributed by atoms with Gasteiger partial charge in [-0.2, -0.15) is 5.10 Å². The molecule has 2 N–H and O–H groups in total. The molecule has 36 heavy (non-hydrogen) atoms. The van der Waals surface area contributed by atoms with Gasteiger partial charge >= 0.3 is 0 Å². The Labute approximate surface area is 209 Å². The number of hydrogen-bond donors (Lipinski definition) is 2. The zero-order chi connectivity index (χ0) is 25.1. The van der Waals surface area contributed by atoms with Crippen LogP contribution in [0.1, 0.15) is 5.56 Å². The summed E-state index contributed by atoms with van der Waals surface area (Å²) in [5.41, 5.74) is 5.55. The van der Waals surface area contributed by atoms with Crippen molar-refractivity contribution in [2.75, 3.05) is 57.1 Å². The van der Waals surface area contributed by atoms with Gasteiger partial charge in [-0.1, -0.05) is 6.07 Å². The molecule has 0 aliphatic carbocycles. The van der Waals surface area contributed by atoms with Crippen molar-refractivity contribution in [3.63, 3.8) is 0 Å². The molecule has 1 fully saturated rings. The number of aromatic nitrogens is 4. The fourth-order valence-corrected chi connectivity index (χ4v) is 4.48. The second kappa shape index (κ2) is 10.2. The third-order valence-corrected chi connectivity index (χ3v) is 6.41. The minimum atomic E-state index is 0.132. The molecule has 0 atom stereocenters. The second-order valence-corrected chi connectivity index (χ2v) is 8.72. The number of pyridine rings is 1. The van der Waals surface area contributed by atoms with E-state index in [0.717, 1.165) is 46.8 Å². The molecule has 0 bridgehead atoms. The first-order chi connectivity index (χ1) is 17.6. The smallest absolute Gasteiger partial charge is 0.236 e. The van der Waals surface area contributed by atoms with E-state index < -0.39 is 0 Å². The Balaban J connectivity index is 1.39. The van der Waals surface area contributed by atoms with Crippen molar-refractivity contribution in [2.24, 2.45) is 0 Å². The number of fused-ring (bicyclic) bond motifs is 1. The van der Waals surface area contributed by atoms with Crippen LogP contribution >= 0.6 is 0 Å². The summed E-state index contributed by atoms with van der Waals surface area (Å²) in [5.74, 6) is 1.31. The number of piperazine rings is 1. The molecule has 0 saturated carbocycles. The predicted octanol–water partition coefficient (Wildman–Crippen LogP) is 2.72. The Morgan fingerprint density at radius 3 is 2.72 bits per heavy atom. The maximum atomic E-state index is 12.2. The molecule has 0 radical (unpaired) electrons. The second-order valence-electron chi connectivity index (χ2n) is 8.72. The molecule has 1 saturated heterocycles. The average molecular weight is 487 g/mol. The van der Waals surface area contributed by atoms with E-state index in [2.05, 4.69) is 25.6 Å². The summed E-state index contributed by atoms with van der Waals surface area (Å²) in [5, 5.41) is 10.7. The molecule has 186 valence electrons. The van der Waals surface area contributed by atoms with Gasteiger partial charge in [0.25, 0.3) is 0 Å². The number of rotatable bonds is 7. The van der Waals surface area contributed by atoms with Crippen LogP contribution in [0.4, 0.5) is 17.3 Å². The fraction of sp³-hybridized carbons (Fsp3) is 0.308. The first-order valence-electron chi connectivity index (χ1n) is 12.0. The molecule has 10 heteroatoms. The van der Waals surface area contributed by atoms with Crippen molar-refractivity contribution in [3.05, 3.63) is 60.6 Å². The van der Waals surface area contributed by atoms with E-state index in [0.29, 0.717) is 31.3 Å². The number of anilines is 3. The van der Waals surface area contributed by atoms with Gasteiger partial charge in [0, 0.05) is 49.8 Å². The molecule has 0 unspecified atom stereocenters. The van der Waals surface area contributed by atoms with E-state index in [1.54, 1.807) is 14.2 Å². The average Bonchev–Trinajstić information content (AvgIpc) is 3.34. The number of amides is 1.